The van der Waals surface area contributed by atoms with E-state index in [0.29, 0.717) is 43.2 Å². The van der Waals surface area contributed by atoms with Crippen molar-refractivity contribution >= 4 is 50.3 Å². The van der Waals surface area contributed by atoms with E-state index in [1.54, 1.807) is 6.07 Å². The van der Waals surface area contributed by atoms with Gasteiger partial charge in [0.15, 0.2) is 5.82 Å². The Morgan fingerprint density at radius 3 is 2.48 bits per heavy atom. The van der Waals surface area contributed by atoms with Crippen LogP contribution in [-0.2, 0) is 0 Å². The molecule has 0 bridgehead atoms. The number of fused-ring (bicyclic) bond motifs is 1. The van der Waals surface area contributed by atoms with Crippen LogP contribution in [-0.4, -0.2) is 77.3 Å². The van der Waals surface area contributed by atoms with Crippen LogP contribution in [0.15, 0.2) is 10.5 Å². The number of nitrogens with zero attached hydrogens (tertiary/aromatic N) is 5. The van der Waals surface area contributed by atoms with Gasteiger partial charge in [0.1, 0.15) is 17.2 Å². The molecular weight excluding hydrogens is 465 g/mol. The molecule has 2 aromatic rings. The highest BCUT2D eigenvalue weighted by Gasteiger charge is 2.28. The highest BCUT2D eigenvalue weighted by atomic mass is 79.9. The molecular formula is C19H22BrClFN5O2. The van der Waals surface area contributed by atoms with Crippen LogP contribution in [0.5, 0.6) is 0 Å². The Morgan fingerprint density at radius 1 is 1.21 bits per heavy atom. The van der Waals surface area contributed by atoms with Crippen LogP contribution < -0.4 is 4.90 Å². The lowest BCUT2D eigenvalue weighted by Gasteiger charge is -2.35. The predicted molar refractivity (Wildman–Crippen MR) is 113 cm³/mol. The Bertz CT molecular complexity index is 946. The third-order valence-electron chi connectivity index (χ3n) is 5.76. The first-order valence-corrected chi connectivity index (χ1v) is 10.8. The van der Waals surface area contributed by atoms with E-state index >= 15 is 4.39 Å². The summed E-state index contributed by atoms with van der Waals surface area (Å²) in [5.74, 6) is 0.953. The molecule has 0 aliphatic carbocycles. The van der Waals surface area contributed by atoms with Gasteiger partial charge >= 0.3 is 6.09 Å². The number of carbonyl (C=O) groups is 1. The maximum atomic E-state index is 15.0. The van der Waals surface area contributed by atoms with Gasteiger partial charge < -0.3 is 19.8 Å². The van der Waals surface area contributed by atoms with Crippen molar-refractivity contribution in [3.63, 3.8) is 0 Å². The fourth-order valence-electron chi connectivity index (χ4n) is 3.97. The summed E-state index contributed by atoms with van der Waals surface area (Å²) in [6, 6.07) is 1.68. The molecule has 29 heavy (non-hydrogen) atoms. The second-order valence-electron chi connectivity index (χ2n) is 7.62. The Hall–Kier alpha value is -1.71. The Balaban J connectivity index is 1.78. The lowest BCUT2D eigenvalue weighted by atomic mass is 9.96. The van der Waals surface area contributed by atoms with E-state index in [2.05, 4.69) is 32.9 Å². The van der Waals surface area contributed by atoms with Crippen LogP contribution >= 0.6 is 27.5 Å². The van der Waals surface area contributed by atoms with Crippen molar-refractivity contribution in [3.8, 4) is 0 Å². The Labute approximate surface area is 181 Å². The number of hydrogen-bond donors (Lipinski definition) is 1. The topological polar surface area (TPSA) is 72.8 Å². The molecule has 0 radical (unpaired) electrons. The minimum absolute atomic E-state index is 0.170. The minimum atomic E-state index is -0.928. The maximum absolute atomic E-state index is 15.0. The van der Waals surface area contributed by atoms with E-state index < -0.39 is 11.9 Å². The van der Waals surface area contributed by atoms with Gasteiger partial charge in [-0.25, -0.2) is 19.2 Å². The molecule has 2 aliphatic rings. The van der Waals surface area contributed by atoms with Crippen LogP contribution in [0, 0.1) is 5.82 Å². The molecule has 0 atom stereocenters. The number of rotatable bonds is 2. The number of aromatic nitrogens is 2. The SMILES string of the molecule is CN1CCC(c2nc(N3CCN(C(=O)O)CC3)c3cc(Cl)c(Br)c(F)c3n2)CC1. The third kappa shape index (κ3) is 4.00. The monoisotopic (exact) mass is 485 g/mol. The average Bonchev–Trinajstić information content (AvgIpc) is 2.72. The lowest BCUT2D eigenvalue weighted by molar-refractivity contribution is 0.142. The number of anilines is 1. The van der Waals surface area contributed by atoms with Crippen LogP contribution in [0.25, 0.3) is 10.9 Å². The fourth-order valence-corrected chi connectivity index (χ4v) is 4.47. The number of halogens is 3. The molecule has 3 heterocycles. The van der Waals surface area contributed by atoms with Gasteiger partial charge in [-0.1, -0.05) is 11.6 Å². The van der Waals surface area contributed by atoms with Gasteiger partial charge in [-0.05, 0) is 55.0 Å². The third-order valence-corrected chi connectivity index (χ3v) is 7.06. The van der Waals surface area contributed by atoms with Gasteiger partial charge in [0.25, 0.3) is 0 Å². The quantitative estimate of drug-likeness (QED) is 0.651. The summed E-state index contributed by atoms with van der Waals surface area (Å²) in [6.07, 6.45) is 0.914. The van der Waals surface area contributed by atoms with Gasteiger partial charge in [-0.2, -0.15) is 0 Å². The van der Waals surface area contributed by atoms with Crippen molar-refractivity contribution in [2.45, 2.75) is 18.8 Å². The second kappa shape index (κ2) is 8.20. The van der Waals surface area contributed by atoms with Gasteiger partial charge in [0.2, 0.25) is 0 Å². The lowest BCUT2D eigenvalue weighted by Crippen LogP contribution is -2.48. The first-order valence-electron chi connectivity index (χ1n) is 9.61. The summed E-state index contributed by atoms with van der Waals surface area (Å²) in [7, 11) is 2.09. The van der Waals surface area contributed by atoms with E-state index in [0.717, 1.165) is 25.9 Å². The zero-order valence-electron chi connectivity index (χ0n) is 16.0. The maximum Gasteiger partial charge on any atom is 0.407 e. The molecule has 1 N–H and O–H groups in total. The first kappa shape index (κ1) is 20.6. The van der Waals surface area contributed by atoms with E-state index in [4.69, 9.17) is 16.6 Å². The molecule has 4 rings (SSSR count). The van der Waals surface area contributed by atoms with Crippen molar-refractivity contribution in [3.05, 3.63) is 27.2 Å². The standard InChI is InChI=1S/C19H22BrClFN5O2/c1-25-4-2-11(3-5-25)17-23-16-12(10-13(21)14(20)15(16)22)18(24-17)26-6-8-27(9-7-26)19(28)29/h10-11H,2-9H2,1H3,(H,28,29). The second-order valence-corrected chi connectivity index (χ2v) is 8.82. The molecule has 7 nitrogen and oxygen atoms in total. The number of piperazine rings is 1. The van der Waals surface area contributed by atoms with Crippen LogP contribution in [0.4, 0.5) is 15.0 Å². The van der Waals surface area contributed by atoms with Gasteiger partial charge in [-0.15, -0.1) is 0 Å². The van der Waals surface area contributed by atoms with Crippen LogP contribution in [0.2, 0.25) is 5.02 Å². The number of benzene rings is 1. The van der Waals surface area contributed by atoms with E-state index in [9.17, 15) is 9.90 Å². The van der Waals surface area contributed by atoms with Crippen molar-refractivity contribution in [2.24, 2.45) is 0 Å². The highest BCUT2D eigenvalue weighted by molar-refractivity contribution is 9.10. The summed E-state index contributed by atoms with van der Waals surface area (Å²) >= 11 is 9.43. The molecule has 2 aliphatic heterocycles. The molecule has 1 aromatic heterocycles. The molecule has 0 spiro atoms. The van der Waals surface area contributed by atoms with E-state index in [1.807, 2.05) is 4.90 Å². The van der Waals surface area contributed by atoms with Crippen molar-refractivity contribution in [1.82, 2.24) is 19.8 Å². The van der Waals surface area contributed by atoms with Crippen molar-refractivity contribution in [2.75, 3.05) is 51.2 Å². The number of carboxylic acid groups (broad SMARTS) is 1. The van der Waals surface area contributed by atoms with Crippen molar-refractivity contribution in [1.29, 1.82) is 0 Å². The minimum Gasteiger partial charge on any atom is -0.465 e. The van der Waals surface area contributed by atoms with Gasteiger partial charge in [0, 0.05) is 37.5 Å². The van der Waals surface area contributed by atoms with Crippen LogP contribution in [0.3, 0.4) is 0 Å². The summed E-state index contributed by atoms with van der Waals surface area (Å²) in [4.78, 5) is 26.3. The summed E-state index contributed by atoms with van der Waals surface area (Å²) in [6.45, 7) is 3.62. The summed E-state index contributed by atoms with van der Waals surface area (Å²) in [5, 5.41) is 10.0. The molecule has 0 unspecified atom stereocenters. The molecule has 1 aromatic carbocycles. The number of piperidine rings is 1. The number of hydrogen-bond acceptors (Lipinski definition) is 5. The molecule has 2 fully saturated rings. The normalized spacial score (nSPS) is 19.2. The number of amides is 1. The zero-order valence-corrected chi connectivity index (χ0v) is 18.4. The summed E-state index contributed by atoms with van der Waals surface area (Å²) < 4.78 is 15.2. The van der Waals surface area contributed by atoms with E-state index in [-0.39, 0.29) is 20.9 Å². The Kier molecular flexibility index (Phi) is 5.81. The largest absolute Gasteiger partial charge is 0.465 e. The van der Waals surface area contributed by atoms with Crippen molar-refractivity contribution < 1.29 is 14.3 Å². The Morgan fingerprint density at radius 2 is 1.86 bits per heavy atom. The molecule has 156 valence electrons. The highest BCUT2D eigenvalue weighted by Crippen LogP contribution is 2.37. The summed E-state index contributed by atoms with van der Waals surface area (Å²) in [5.41, 5.74) is 0.251. The smallest absolute Gasteiger partial charge is 0.407 e. The molecule has 0 saturated carbocycles. The fraction of sp³-hybridized carbons (Fsp3) is 0.526. The number of likely N-dealkylation sites (tertiary alicyclic amines) is 1. The van der Waals surface area contributed by atoms with E-state index in [1.165, 1.54) is 4.90 Å². The van der Waals surface area contributed by atoms with Gasteiger partial charge in [0.05, 0.1) is 9.50 Å². The molecule has 1 amide bonds. The first-order chi connectivity index (χ1) is 13.8. The van der Waals surface area contributed by atoms with Gasteiger partial charge in [-0.3, -0.25) is 0 Å². The molecule has 10 heteroatoms. The molecule has 2 saturated heterocycles. The zero-order chi connectivity index (χ0) is 20.7. The average molecular weight is 487 g/mol. The predicted octanol–water partition coefficient (Wildman–Crippen LogP) is 3.79. The van der Waals surface area contributed by atoms with Crippen LogP contribution in [0.1, 0.15) is 24.6 Å².